The van der Waals surface area contributed by atoms with E-state index in [-0.39, 0.29) is 5.56 Å². The van der Waals surface area contributed by atoms with Gasteiger partial charge < -0.3 is 5.32 Å². The van der Waals surface area contributed by atoms with Gasteiger partial charge in [-0.15, -0.1) is 0 Å². The molecular weight excluding hydrogens is 357 g/mol. The molecule has 2 aromatic carbocycles. The fourth-order valence-corrected chi connectivity index (χ4v) is 3.32. The number of benzene rings is 2. The number of anilines is 1. The topological polar surface area (TPSA) is 59.8 Å². The van der Waals surface area contributed by atoms with E-state index in [1.54, 1.807) is 23.0 Å². The first-order valence-corrected chi connectivity index (χ1v) is 8.75. The number of fused-ring (bicyclic) bond motifs is 1. The van der Waals surface area contributed by atoms with Crippen LogP contribution in [0.4, 0.5) is 18.9 Å². The predicted molar refractivity (Wildman–Crippen MR) is 94.4 cm³/mol. The lowest BCUT2D eigenvalue weighted by Gasteiger charge is -2.08. The van der Waals surface area contributed by atoms with Crippen LogP contribution < -0.4 is 5.32 Å². The van der Waals surface area contributed by atoms with Gasteiger partial charge in [0.15, 0.2) is 0 Å². The number of nitrogens with one attached hydrogen (secondary N) is 1. The molecule has 0 bridgehead atoms. The highest BCUT2D eigenvalue weighted by Gasteiger charge is 2.30. The molecule has 0 unspecified atom stereocenters. The van der Waals surface area contributed by atoms with Gasteiger partial charge in [0.05, 0.1) is 11.6 Å². The Balaban J connectivity index is 1.51. The van der Waals surface area contributed by atoms with Crippen molar-refractivity contribution in [3.05, 3.63) is 53.6 Å². The Hall–Kier alpha value is -2.90. The summed E-state index contributed by atoms with van der Waals surface area (Å²) in [4.78, 5) is 14.0. The van der Waals surface area contributed by atoms with Gasteiger partial charge in [-0.1, -0.05) is 12.8 Å². The largest absolute Gasteiger partial charge is 0.416 e. The first-order valence-electron chi connectivity index (χ1n) is 8.75. The number of hydrogen-bond donors (Lipinski definition) is 1. The fourth-order valence-electron chi connectivity index (χ4n) is 3.32. The third kappa shape index (κ3) is 3.65. The highest BCUT2D eigenvalue weighted by atomic mass is 19.4. The van der Waals surface area contributed by atoms with E-state index in [0.717, 1.165) is 42.6 Å². The Labute approximate surface area is 153 Å². The second kappa shape index (κ2) is 6.68. The number of amides is 1. The van der Waals surface area contributed by atoms with Crippen LogP contribution in [0.3, 0.4) is 0 Å². The summed E-state index contributed by atoms with van der Waals surface area (Å²) in [6, 6.07) is 9.63. The maximum absolute atomic E-state index is 12.6. The van der Waals surface area contributed by atoms with Crippen molar-refractivity contribution in [1.82, 2.24) is 15.0 Å². The van der Waals surface area contributed by atoms with Gasteiger partial charge in [0.2, 0.25) is 0 Å². The summed E-state index contributed by atoms with van der Waals surface area (Å²) < 4.78 is 37.8. The molecule has 0 aliphatic heterocycles. The van der Waals surface area contributed by atoms with Crippen molar-refractivity contribution >= 4 is 22.6 Å². The molecule has 1 aromatic heterocycles. The maximum atomic E-state index is 12.6. The zero-order valence-electron chi connectivity index (χ0n) is 14.3. The van der Waals surface area contributed by atoms with Gasteiger partial charge in [-0.05, 0) is 55.3 Å². The van der Waals surface area contributed by atoms with E-state index in [9.17, 15) is 18.0 Å². The number of halogens is 3. The van der Waals surface area contributed by atoms with Crippen molar-refractivity contribution in [2.75, 3.05) is 5.32 Å². The number of nitrogens with zero attached hydrogens (tertiary/aromatic N) is 3. The number of carbonyl (C=O) groups excluding carboxylic acids is 1. The van der Waals surface area contributed by atoms with E-state index >= 15 is 0 Å². The molecule has 1 heterocycles. The highest BCUT2D eigenvalue weighted by Crippen LogP contribution is 2.30. The summed E-state index contributed by atoms with van der Waals surface area (Å²) in [6.07, 6.45) is 0.0656. The molecule has 3 aromatic rings. The van der Waals surface area contributed by atoms with Gasteiger partial charge in [0.25, 0.3) is 5.91 Å². The van der Waals surface area contributed by atoms with E-state index in [0.29, 0.717) is 17.2 Å². The van der Waals surface area contributed by atoms with Crippen LogP contribution in [0.1, 0.15) is 47.6 Å². The molecule has 140 valence electrons. The third-order valence-corrected chi connectivity index (χ3v) is 4.78. The number of carbonyl (C=O) groups is 1. The second-order valence-corrected chi connectivity index (χ2v) is 6.69. The first-order chi connectivity index (χ1) is 12.9. The molecular formula is C19H17F3N4O. The molecule has 0 radical (unpaired) electrons. The van der Waals surface area contributed by atoms with Crippen LogP contribution in [-0.2, 0) is 6.18 Å². The van der Waals surface area contributed by atoms with Crippen molar-refractivity contribution < 1.29 is 18.0 Å². The summed E-state index contributed by atoms with van der Waals surface area (Å²) in [5.41, 5.74) is 1.30. The fraction of sp³-hybridized carbons (Fsp3) is 0.316. The van der Waals surface area contributed by atoms with Crippen molar-refractivity contribution in [2.24, 2.45) is 0 Å². The highest BCUT2D eigenvalue weighted by molar-refractivity contribution is 6.04. The van der Waals surface area contributed by atoms with E-state index in [1.807, 2.05) is 0 Å². The van der Waals surface area contributed by atoms with Crippen molar-refractivity contribution in [1.29, 1.82) is 0 Å². The SMILES string of the molecule is O=C(Nc1ccc2nn(C3CCCC3)nc2c1)c1ccc(C(F)(F)F)cc1. The van der Waals surface area contributed by atoms with Crippen molar-refractivity contribution in [3.63, 3.8) is 0 Å². The molecule has 27 heavy (non-hydrogen) atoms. The number of alkyl halides is 3. The zero-order valence-corrected chi connectivity index (χ0v) is 14.3. The molecule has 0 saturated heterocycles. The average molecular weight is 374 g/mol. The zero-order chi connectivity index (χ0) is 19.0. The Kier molecular flexibility index (Phi) is 4.33. The Bertz CT molecular complexity index is 973. The Morgan fingerprint density at radius 3 is 2.33 bits per heavy atom. The van der Waals surface area contributed by atoms with Crippen molar-refractivity contribution in [3.8, 4) is 0 Å². The molecule has 1 N–H and O–H groups in total. The summed E-state index contributed by atoms with van der Waals surface area (Å²) in [6.45, 7) is 0. The van der Waals surface area contributed by atoms with Gasteiger partial charge in [-0.3, -0.25) is 4.79 Å². The van der Waals surface area contributed by atoms with Gasteiger partial charge in [-0.2, -0.15) is 28.2 Å². The van der Waals surface area contributed by atoms with Crippen LogP contribution in [0.25, 0.3) is 11.0 Å². The van der Waals surface area contributed by atoms with E-state index in [2.05, 4.69) is 15.5 Å². The lowest BCUT2D eigenvalue weighted by molar-refractivity contribution is -0.137. The number of rotatable bonds is 3. The second-order valence-electron chi connectivity index (χ2n) is 6.69. The molecule has 8 heteroatoms. The molecule has 1 fully saturated rings. The van der Waals surface area contributed by atoms with Crippen LogP contribution in [0.15, 0.2) is 42.5 Å². The van der Waals surface area contributed by atoms with Crippen LogP contribution in [0.2, 0.25) is 0 Å². The quantitative estimate of drug-likeness (QED) is 0.715. The Morgan fingerprint density at radius 1 is 1.00 bits per heavy atom. The molecule has 4 rings (SSSR count). The Morgan fingerprint density at radius 2 is 1.67 bits per heavy atom. The minimum atomic E-state index is -4.43. The minimum Gasteiger partial charge on any atom is -0.322 e. The molecule has 1 amide bonds. The van der Waals surface area contributed by atoms with Gasteiger partial charge in [0.1, 0.15) is 11.0 Å². The average Bonchev–Trinajstić information content (AvgIpc) is 3.30. The van der Waals surface area contributed by atoms with Gasteiger partial charge in [-0.25, -0.2) is 0 Å². The lowest BCUT2D eigenvalue weighted by Crippen LogP contribution is -2.12. The molecule has 1 aliphatic carbocycles. The van der Waals surface area contributed by atoms with Crippen LogP contribution in [-0.4, -0.2) is 20.9 Å². The standard InChI is InChI=1S/C19H17F3N4O/c20-19(21,22)13-7-5-12(6-8-13)18(27)23-14-9-10-16-17(11-14)25-26(24-16)15-3-1-2-4-15/h5-11,15H,1-4H2,(H,23,27). The molecule has 0 spiro atoms. The number of aromatic nitrogens is 3. The third-order valence-electron chi connectivity index (χ3n) is 4.78. The smallest absolute Gasteiger partial charge is 0.322 e. The summed E-state index contributed by atoms with van der Waals surface area (Å²) in [5, 5.41) is 11.7. The van der Waals surface area contributed by atoms with Crippen LogP contribution >= 0.6 is 0 Å². The summed E-state index contributed by atoms with van der Waals surface area (Å²) in [5.74, 6) is -0.480. The number of hydrogen-bond acceptors (Lipinski definition) is 3. The van der Waals surface area contributed by atoms with Crippen molar-refractivity contribution in [2.45, 2.75) is 37.9 Å². The van der Waals surface area contributed by atoms with E-state index < -0.39 is 17.6 Å². The van der Waals surface area contributed by atoms with Crippen LogP contribution in [0, 0.1) is 0 Å². The van der Waals surface area contributed by atoms with Crippen LogP contribution in [0.5, 0.6) is 0 Å². The molecule has 5 nitrogen and oxygen atoms in total. The lowest BCUT2D eigenvalue weighted by atomic mass is 10.1. The first kappa shape index (κ1) is 17.5. The van der Waals surface area contributed by atoms with Gasteiger partial charge in [0, 0.05) is 11.3 Å². The monoisotopic (exact) mass is 374 g/mol. The summed E-state index contributed by atoms with van der Waals surface area (Å²) >= 11 is 0. The molecule has 1 aliphatic rings. The predicted octanol–water partition coefficient (Wildman–Crippen LogP) is 4.82. The normalized spacial score (nSPS) is 15.4. The molecule has 1 saturated carbocycles. The van der Waals surface area contributed by atoms with E-state index in [1.165, 1.54) is 12.8 Å². The maximum Gasteiger partial charge on any atom is 0.416 e. The summed E-state index contributed by atoms with van der Waals surface area (Å²) in [7, 11) is 0. The van der Waals surface area contributed by atoms with E-state index in [4.69, 9.17) is 0 Å². The molecule has 0 atom stereocenters. The minimum absolute atomic E-state index is 0.151. The van der Waals surface area contributed by atoms with Gasteiger partial charge >= 0.3 is 6.18 Å².